The Kier molecular flexibility index (Phi) is 3.36. The second-order valence-electron chi connectivity index (χ2n) is 4.48. The molecule has 1 aromatic carbocycles. The molecule has 0 saturated heterocycles. The van der Waals surface area contributed by atoms with E-state index >= 15 is 0 Å². The van der Waals surface area contributed by atoms with Gasteiger partial charge in [0.05, 0.1) is 11.4 Å². The minimum Gasteiger partial charge on any atom is -0.232 e. The van der Waals surface area contributed by atoms with Crippen LogP contribution in [0.5, 0.6) is 0 Å². The number of nitrogens with zero attached hydrogens (tertiary/aromatic N) is 3. The minimum absolute atomic E-state index is 0.339. The van der Waals surface area contributed by atoms with E-state index in [4.69, 9.17) is 23.2 Å². The summed E-state index contributed by atoms with van der Waals surface area (Å²) in [4.78, 5) is 4.39. The summed E-state index contributed by atoms with van der Waals surface area (Å²) in [5, 5.41) is 4.96. The topological polar surface area (TPSA) is 30.2 Å². The molecule has 0 fully saturated rings. The number of hydrogen-bond donors (Lipinski definition) is 0. The highest BCUT2D eigenvalue weighted by Crippen LogP contribution is 2.20. The van der Waals surface area contributed by atoms with Gasteiger partial charge in [-0.3, -0.25) is 0 Å². The number of imidazole rings is 1. The van der Waals surface area contributed by atoms with Crippen LogP contribution in [0.3, 0.4) is 0 Å². The summed E-state index contributed by atoms with van der Waals surface area (Å²) in [7, 11) is 0. The molecule has 0 N–H and O–H groups in total. The molecule has 0 radical (unpaired) electrons. The molecular formula is C14H10Cl2FN3. The van der Waals surface area contributed by atoms with Crippen molar-refractivity contribution >= 4 is 28.8 Å². The van der Waals surface area contributed by atoms with Gasteiger partial charge in [0, 0.05) is 11.4 Å². The molecule has 0 amide bonds. The molecule has 2 heterocycles. The summed E-state index contributed by atoms with van der Waals surface area (Å²) in [6.07, 6.45) is 0.378. The van der Waals surface area contributed by atoms with Crippen molar-refractivity contribution in [3.8, 4) is 0 Å². The van der Waals surface area contributed by atoms with Crippen molar-refractivity contribution in [2.75, 3.05) is 0 Å². The van der Waals surface area contributed by atoms with Gasteiger partial charge in [-0.15, -0.1) is 0 Å². The Balaban J connectivity index is 2.10. The van der Waals surface area contributed by atoms with Crippen molar-refractivity contribution in [3.63, 3.8) is 0 Å². The predicted molar refractivity (Wildman–Crippen MR) is 77.0 cm³/mol. The Morgan fingerprint density at radius 2 is 2.00 bits per heavy atom. The van der Waals surface area contributed by atoms with Gasteiger partial charge in [-0.05, 0) is 36.8 Å². The van der Waals surface area contributed by atoms with Gasteiger partial charge in [0.25, 0.3) is 0 Å². The first-order valence-corrected chi connectivity index (χ1v) is 6.75. The van der Waals surface area contributed by atoms with Crippen molar-refractivity contribution in [1.29, 1.82) is 0 Å². The van der Waals surface area contributed by atoms with Crippen molar-refractivity contribution in [1.82, 2.24) is 14.6 Å². The van der Waals surface area contributed by atoms with Crippen LogP contribution in [0.2, 0.25) is 10.2 Å². The number of aryl methyl sites for hydroxylation is 1. The van der Waals surface area contributed by atoms with Crippen molar-refractivity contribution in [3.05, 3.63) is 63.3 Å². The maximum absolute atomic E-state index is 13.9. The minimum atomic E-state index is -0.339. The van der Waals surface area contributed by atoms with Crippen LogP contribution >= 0.6 is 23.2 Å². The fourth-order valence-electron chi connectivity index (χ4n) is 2.12. The predicted octanol–water partition coefficient (Wildman–Crippen LogP) is 4.07. The van der Waals surface area contributed by atoms with E-state index in [1.807, 2.05) is 6.92 Å². The number of halogens is 3. The van der Waals surface area contributed by atoms with Gasteiger partial charge in [-0.2, -0.15) is 5.10 Å². The lowest BCUT2D eigenvalue weighted by molar-refractivity contribution is 0.612. The van der Waals surface area contributed by atoms with Crippen LogP contribution in [-0.4, -0.2) is 14.6 Å². The number of fused-ring (bicyclic) bond motifs is 1. The Labute approximate surface area is 125 Å². The average molecular weight is 310 g/mol. The van der Waals surface area contributed by atoms with E-state index in [2.05, 4.69) is 10.1 Å². The molecule has 0 atom stereocenters. The lowest BCUT2D eigenvalue weighted by atomic mass is 10.1. The number of benzene rings is 1. The lowest BCUT2D eigenvalue weighted by Crippen LogP contribution is -2.01. The van der Waals surface area contributed by atoms with E-state index in [0.29, 0.717) is 27.8 Å². The molecule has 102 valence electrons. The number of aromatic nitrogens is 3. The molecule has 20 heavy (non-hydrogen) atoms. The summed E-state index contributed by atoms with van der Waals surface area (Å²) in [6.45, 7) is 1.87. The van der Waals surface area contributed by atoms with Crippen LogP contribution < -0.4 is 0 Å². The fourth-order valence-corrected chi connectivity index (χ4v) is 2.41. The molecule has 0 saturated carbocycles. The van der Waals surface area contributed by atoms with Crippen LogP contribution in [0.1, 0.15) is 17.0 Å². The Hall–Kier alpha value is -1.65. The third-order valence-electron chi connectivity index (χ3n) is 3.11. The highest BCUT2D eigenvalue weighted by atomic mass is 35.5. The number of rotatable bonds is 2. The van der Waals surface area contributed by atoms with Gasteiger partial charge in [0.1, 0.15) is 11.0 Å². The van der Waals surface area contributed by atoms with Crippen molar-refractivity contribution in [2.24, 2.45) is 0 Å². The largest absolute Gasteiger partial charge is 0.232 e. The summed E-state index contributed by atoms with van der Waals surface area (Å²) >= 11 is 11.7. The normalized spacial score (nSPS) is 11.2. The van der Waals surface area contributed by atoms with Gasteiger partial charge >= 0.3 is 0 Å². The summed E-state index contributed by atoms with van der Waals surface area (Å²) in [6, 6.07) is 8.09. The molecule has 0 aliphatic heterocycles. The molecule has 0 unspecified atom stereocenters. The molecular weight excluding hydrogens is 300 g/mol. The molecule has 3 rings (SSSR count). The molecule has 0 bridgehead atoms. The van der Waals surface area contributed by atoms with Crippen LogP contribution in [0.25, 0.3) is 5.65 Å². The van der Waals surface area contributed by atoms with E-state index in [-0.39, 0.29) is 5.82 Å². The van der Waals surface area contributed by atoms with Gasteiger partial charge in [0.2, 0.25) is 0 Å². The van der Waals surface area contributed by atoms with Gasteiger partial charge in [0.15, 0.2) is 5.65 Å². The maximum Gasteiger partial charge on any atom is 0.154 e. The quantitative estimate of drug-likeness (QED) is 0.714. The van der Waals surface area contributed by atoms with E-state index < -0.39 is 0 Å². The van der Waals surface area contributed by atoms with Gasteiger partial charge in [-0.1, -0.05) is 29.3 Å². The fraction of sp³-hybridized carbons (Fsp3) is 0.143. The van der Waals surface area contributed by atoms with Crippen molar-refractivity contribution in [2.45, 2.75) is 13.3 Å². The third kappa shape index (κ3) is 2.37. The second-order valence-corrected chi connectivity index (χ2v) is 5.31. The zero-order valence-corrected chi connectivity index (χ0v) is 12.1. The molecule has 6 heteroatoms. The highest BCUT2D eigenvalue weighted by Gasteiger charge is 2.13. The van der Waals surface area contributed by atoms with Crippen LogP contribution in [-0.2, 0) is 6.42 Å². The van der Waals surface area contributed by atoms with E-state index in [0.717, 1.165) is 11.4 Å². The zero-order chi connectivity index (χ0) is 14.3. The highest BCUT2D eigenvalue weighted by molar-refractivity contribution is 6.30. The lowest BCUT2D eigenvalue weighted by Gasteiger charge is -2.05. The van der Waals surface area contributed by atoms with Crippen LogP contribution in [0.4, 0.5) is 4.39 Å². The van der Waals surface area contributed by atoms with E-state index in [1.165, 1.54) is 6.07 Å². The standard InChI is InChI=1S/C14H10Cl2FN3/c1-8-12(6-9-2-3-10(15)7-11(9)17)20-14(18-8)5-4-13(16)19-20/h2-5,7H,6H2,1H3. The first kappa shape index (κ1) is 13.3. The van der Waals surface area contributed by atoms with Crippen LogP contribution in [0, 0.1) is 12.7 Å². The number of hydrogen-bond acceptors (Lipinski definition) is 2. The summed E-state index contributed by atoms with van der Waals surface area (Å²) in [5.74, 6) is -0.339. The smallest absolute Gasteiger partial charge is 0.154 e. The molecule has 0 spiro atoms. The van der Waals surface area contributed by atoms with E-state index in [9.17, 15) is 4.39 Å². The van der Waals surface area contributed by atoms with E-state index in [1.54, 1.807) is 28.8 Å². The monoisotopic (exact) mass is 309 g/mol. The maximum atomic E-state index is 13.9. The summed E-state index contributed by atoms with van der Waals surface area (Å²) in [5.41, 5.74) is 2.84. The molecule has 3 nitrogen and oxygen atoms in total. The van der Waals surface area contributed by atoms with Gasteiger partial charge < -0.3 is 0 Å². The molecule has 3 aromatic rings. The van der Waals surface area contributed by atoms with Crippen LogP contribution in [0.15, 0.2) is 30.3 Å². The summed E-state index contributed by atoms with van der Waals surface area (Å²) < 4.78 is 15.5. The molecule has 0 aliphatic carbocycles. The Morgan fingerprint density at radius 1 is 1.20 bits per heavy atom. The SMILES string of the molecule is Cc1nc2ccc(Cl)nn2c1Cc1ccc(Cl)cc1F. The molecule has 0 aliphatic rings. The first-order chi connectivity index (χ1) is 9.54. The Morgan fingerprint density at radius 3 is 2.75 bits per heavy atom. The average Bonchev–Trinajstić information content (AvgIpc) is 2.69. The second kappa shape index (κ2) is 5.04. The first-order valence-electron chi connectivity index (χ1n) is 5.99. The zero-order valence-electron chi connectivity index (χ0n) is 10.6. The molecule has 2 aromatic heterocycles. The van der Waals surface area contributed by atoms with Crippen molar-refractivity contribution < 1.29 is 4.39 Å². The third-order valence-corrected chi connectivity index (χ3v) is 3.55. The van der Waals surface area contributed by atoms with Gasteiger partial charge in [-0.25, -0.2) is 13.9 Å². The Bertz CT molecular complexity index is 798.